The highest BCUT2D eigenvalue weighted by Gasteiger charge is 2.24. The molecular formula is C15H11FN4O4. The van der Waals surface area contributed by atoms with Gasteiger partial charge in [0.1, 0.15) is 11.5 Å². The van der Waals surface area contributed by atoms with E-state index in [1.54, 1.807) is 30.5 Å². The number of hydrogen-bond acceptors (Lipinski definition) is 6. The molecule has 0 N–H and O–H groups in total. The number of nitro groups is 1. The first-order chi connectivity index (χ1) is 11.6. The van der Waals surface area contributed by atoms with Gasteiger partial charge in [0.05, 0.1) is 30.1 Å². The molecule has 0 aliphatic carbocycles. The van der Waals surface area contributed by atoms with E-state index in [0.29, 0.717) is 5.69 Å². The standard InChI is InChI=1S/C15H11FN4O4/c1-23-12-8-13(16)15(20(21)22)14(9-12)24-11-4-2-3-10(7-11)19-6-5-17-18-19/h2-9H,1H3. The summed E-state index contributed by atoms with van der Waals surface area (Å²) in [6.07, 6.45) is 3.14. The second kappa shape index (κ2) is 6.32. The Kier molecular flexibility index (Phi) is 4.06. The van der Waals surface area contributed by atoms with Gasteiger partial charge in [-0.2, -0.15) is 4.39 Å². The van der Waals surface area contributed by atoms with Crippen molar-refractivity contribution in [3.63, 3.8) is 0 Å². The molecule has 3 aromatic rings. The fourth-order valence-corrected chi connectivity index (χ4v) is 2.09. The Hall–Kier alpha value is -3.49. The second-order valence-electron chi connectivity index (χ2n) is 4.66. The molecule has 8 nitrogen and oxygen atoms in total. The van der Waals surface area contributed by atoms with Crippen LogP contribution in [-0.4, -0.2) is 27.0 Å². The molecule has 1 aromatic heterocycles. The topological polar surface area (TPSA) is 92.3 Å². The second-order valence-corrected chi connectivity index (χ2v) is 4.66. The molecule has 0 radical (unpaired) electrons. The average Bonchev–Trinajstić information content (AvgIpc) is 3.08. The number of benzene rings is 2. The maximum Gasteiger partial charge on any atom is 0.347 e. The number of rotatable bonds is 5. The summed E-state index contributed by atoms with van der Waals surface area (Å²) < 4.78 is 25.9. The molecule has 0 spiro atoms. The minimum atomic E-state index is -1.04. The Morgan fingerprint density at radius 1 is 1.25 bits per heavy atom. The van der Waals surface area contributed by atoms with Crippen LogP contribution in [0.25, 0.3) is 5.69 Å². The van der Waals surface area contributed by atoms with E-state index in [1.807, 2.05) is 0 Å². The quantitative estimate of drug-likeness (QED) is 0.527. The van der Waals surface area contributed by atoms with Crippen molar-refractivity contribution in [2.45, 2.75) is 0 Å². The average molecular weight is 330 g/mol. The summed E-state index contributed by atoms with van der Waals surface area (Å²) in [7, 11) is 1.33. The van der Waals surface area contributed by atoms with E-state index in [0.717, 1.165) is 6.07 Å². The predicted octanol–water partition coefficient (Wildman–Crippen LogP) is 3.12. The first-order valence-corrected chi connectivity index (χ1v) is 6.75. The van der Waals surface area contributed by atoms with Crippen LogP contribution in [0.5, 0.6) is 17.2 Å². The molecule has 24 heavy (non-hydrogen) atoms. The molecule has 0 aliphatic rings. The lowest BCUT2D eigenvalue weighted by Crippen LogP contribution is -1.99. The summed E-state index contributed by atoms with van der Waals surface area (Å²) in [5.74, 6) is -0.909. The van der Waals surface area contributed by atoms with Gasteiger partial charge in [-0.3, -0.25) is 10.1 Å². The van der Waals surface area contributed by atoms with Crippen LogP contribution in [0.15, 0.2) is 48.8 Å². The van der Waals surface area contributed by atoms with E-state index < -0.39 is 16.4 Å². The number of nitrogens with zero attached hydrogens (tertiary/aromatic N) is 4. The van der Waals surface area contributed by atoms with Gasteiger partial charge in [0, 0.05) is 18.2 Å². The van der Waals surface area contributed by atoms with E-state index in [1.165, 1.54) is 24.1 Å². The molecule has 0 atom stereocenters. The van der Waals surface area contributed by atoms with Crippen LogP contribution in [0.1, 0.15) is 0 Å². The predicted molar refractivity (Wildman–Crippen MR) is 81.0 cm³/mol. The van der Waals surface area contributed by atoms with E-state index in [-0.39, 0.29) is 17.2 Å². The molecule has 0 unspecified atom stereocenters. The van der Waals surface area contributed by atoms with Crippen LogP contribution >= 0.6 is 0 Å². The summed E-state index contributed by atoms with van der Waals surface area (Å²) in [6, 6.07) is 8.79. The van der Waals surface area contributed by atoms with Gasteiger partial charge in [-0.05, 0) is 12.1 Å². The molecule has 3 rings (SSSR count). The summed E-state index contributed by atoms with van der Waals surface area (Å²) in [6.45, 7) is 0. The van der Waals surface area contributed by atoms with E-state index in [9.17, 15) is 14.5 Å². The van der Waals surface area contributed by atoms with Crippen molar-refractivity contribution in [1.82, 2.24) is 15.0 Å². The Labute approximate surface area is 135 Å². The molecule has 2 aromatic carbocycles. The number of aromatic nitrogens is 3. The lowest BCUT2D eigenvalue weighted by molar-refractivity contribution is -0.388. The van der Waals surface area contributed by atoms with Gasteiger partial charge >= 0.3 is 5.69 Å². The number of halogens is 1. The summed E-state index contributed by atoms with van der Waals surface area (Å²) in [4.78, 5) is 10.3. The molecule has 0 fully saturated rings. The van der Waals surface area contributed by atoms with E-state index >= 15 is 0 Å². The monoisotopic (exact) mass is 330 g/mol. The molecule has 0 saturated heterocycles. The maximum absolute atomic E-state index is 13.9. The van der Waals surface area contributed by atoms with Crippen LogP contribution in [0.2, 0.25) is 0 Å². The zero-order chi connectivity index (χ0) is 17.1. The first kappa shape index (κ1) is 15.4. The van der Waals surface area contributed by atoms with Crippen LogP contribution in [-0.2, 0) is 0 Å². The number of nitro benzene ring substituents is 1. The Morgan fingerprint density at radius 2 is 2.08 bits per heavy atom. The van der Waals surface area contributed by atoms with Crippen molar-refractivity contribution in [2.24, 2.45) is 0 Å². The third kappa shape index (κ3) is 3.00. The summed E-state index contributed by atoms with van der Waals surface area (Å²) in [5.41, 5.74) is -0.127. The third-order valence-electron chi connectivity index (χ3n) is 3.15. The SMILES string of the molecule is COc1cc(F)c([N+](=O)[O-])c(Oc2cccc(-n3ccnn3)c2)c1. The Balaban J connectivity index is 2.01. The number of hydrogen-bond donors (Lipinski definition) is 0. The van der Waals surface area contributed by atoms with Gasteiger partial charge in [-0.25, -0.2) is 4.68 Å². The summed E-state index contributed by atoms with van der Waals surface area (Å²) in [5, 5.41) is 18.7. The number of methoxy groups -OCH3 is 1. The molecule has 0 bridgehead atoms. The fraction of sp³-hybridized carbons (Fsp3) is 0.0667. The maximum atomic E-state index is 13.9. The molecule has 122 valence electrons. The Morgan fingerprint density at radius 3 is 2.75 bits per heavy atom. The largest absolute Gasteiger partial charge is 0.497 e. The molecule has 9 heteroatoms. The van der Waals surface area contributed by atoms with Gasteiger partial charge in [0.2, 0.25) is 11.6 Å². The smallest absolute Gasteiger partial charge is 0.347 e. The first-order valence-electron chi connectivity index (χ1n) is 6.75. The zero-order valence-electron chi connectivity index (χ0n) is 12.4. The van der Waals surface area contributed by atoms with Crippen LogP contribution < -0.4 is 9.47 Å². The van der Waals surface area contributed by atoms with Crippen molar-refractivity contribution in [2.75, 3.05) is 7.11 Å². The van der Waals surface area contributed by atoms with Crippen molar-refractivity contribution in [3.8, 4) is 22.9 Å². The van der Waals surface area contributed by atoms with E-state index in [2.05, 4.69) is 10.3 Å². The van der Waals surface area contributed by atoms with Gasteiger partial charge in [-0.1, -0.05) is 11.3 Å². The van der Waals surface area contributed by atoms with Gasteiger partial charge < -0.3 is 9.47 Å². The fourth-order valence-electron chi connectivity index (χ4n) is 2.09. The highest BCUT2D eigenvalue weighted by molar-refractivity contribution is 5.54. The molecule has 0 amide bonds. The minimum Gasteiger partial charge on any atom is -0.497 e. The highest BCUT2D eigenvalue weighted by atomic mass is 19.1. The van der Waals surface area contributed by atoms with Crippen molar-refractivity contribution in [3.05, 3.63) is 64.7 Å². The van der Waals surface area contributed by atoms with Crippen LogP contribution in [0.3, 0.4) is 0 Å². The normalized spacial score (nSPS) is 10.4. The summed E-state index contributed by atoms with van der Waals surface area (Å²) >= 11 is 0. The molecule has 0 aliphatic heterocycles. The molecular weight excluding hydrogens is 319 g/mol. The number of ether oxygens (including phenoxy) is 2. The van der Waals surface area contributed by atoms with Crippen molar-refractivity contribution in [1.29, 1.82) is 0 Å². The van der Waals surface area contributed by atoms with E-state index in [4.69, 9.17) is 9.47 Å². The highest BCUT2D eigenvalue weighted by Crippen LogP contribution is 2.37. The lowest BCUT2D eigenvalue weighted by Gasteiger charge is -2.10. The van der Waals surface area contributed by atoms with Crippen molar-refractivity contribution < 1.29 is 18.8 Å². The minimum absolute atomic E-state index is 0.112. The molecule has 1 heterocycles. The zero-order valence-corrected chi connectivity index (χ0v) is 12.4. The molecule has 0 saturated carbocycles. The van der Waals surface area contributed by atoms with Gasteiger partial charge in [0.25, 0.3) is 0 Å². The van der Waals surface area contributed by atoms with Crippen molar-refractivity contribution >= 4 is 5.69 Å². The van der Waals surface area contributed by atoms with Gasteiger partial charge in [0.15, 0.2) is 0 Å². The van der Waals surface area contributed by atoms with Crippen LogP contribution in [0, 0.1) is 15.9 Å². The van der Waals surface area contributed by atoms with Gasteiger partial charge in [-0.15, -0.1) is 5.10 Å². The third-order valence-corrected chi connectivity index (χ3v) is 3.15. The van der Waals surface area contributed by atoms with Crippen LogP contribution in [0.4, 0.5) is 10.1 Å². The Bertz CT molecular complexity index is 883. The lowest BCUT2D eigenvalue weighted by atomic mass is 10.2.